The van der Waals surface area contributed by atoms with Crippen molar-refractivity contribution in [3.63, 3.8) is 0 Å². The predicted molar refractivity (Wildman–Crippen MR) is 93.3 cm³/mol. The number of ether oxygens (including phenoxy) is 1. The average molecular weight is 311 g/mol. The summed E-state index contributed by atoms with van der Waals surface area (Å²) in [6, 6.07) is 19.6. The van der Waals surface area contributed by atoms with Gasteiger partial charge in [-0.3, -0.25) is 4.79 Å². The minimum absolute atomic E-state index is 0.0494. The topological polar surface area (TPSA) is 29.5 Å². The monoisotopic (exact) mass is 311 g/mol. The van der Waals surface area contributed by atoms with Crippen LogP contribution in [0.25, 0.3) is 0 Å². The third kappa shape index (κ3) is 5.22. The zero-order valence-electron chi connectivity index (χ0n) is 14.1. The number of hydrogen-bond donors (Lipinski definition) is 0. The van der Waals surface area contributed by atoms with E-state index in [-0.39, 0.29) is 18.1 Å². The Bertz CT molecular complexity index is 598. The quantitative estimate of drug-likeness (QED) is 0.769. The number of carbonyl (C=O) groups excluding carboxylic acids is 1. The molecule has 2 rings (SSSR count). The highest BCUT2D eigenvalue weighted by Gasteiger charge is 2.19. The lowest BCUT2D eigenvalue weighted by atomic mass is 10.1. The van der Waals surface area contributed by atoms with Gasteiger partial charge in [-0.05, 0) is 38.0 Å². The summed E-state index contributed by atoms with van der Waals surface area (Å²) in [5, 5.41) is 0. The van der Waals surface area contributed by atoms with Gasteiger partial charge < -0.3 is 9.64 Å². The molecule has 0 aliphatic carbocycles. The van der Waals surface area contributed by atoms with Crippen molar-refractivity contribution < 1.29 is 9.53 Å². The molecule has 0 fully saturated rings. The molecule has 3 heteroatoms. The second-order valence-electron chi connectivity index (χ2n) is 5.97. The molecular formula is C20H25NO2. The number of benzene rings is 2. The highest BCUT2D eigenvalue weighted by atomic mass is 16.5. The Morgan fingerprint density at radius 3 is 2.17 bits per heavy atom. The van der Waals surface area contributed by atoms with Crippen LogP contribution in [0.3, 0.4) is 0 Å². The summed E-state index contributed by atoms with van der Waals surface area (Å²) in [5.74, 6) is 0.0494. The SMILES string of the molecule is CC(CC(C)N(C)C(=O)c1ccccc1)OCc1ccccc1. The third-order valence-corrected chi connectivity index (χ3v) is 4.05. The van der Waals surface area contributed by atoms with Crippen LogP contribution in [-0.2, 0) is 11.3 Å². The van der Waals surface area contributed by atoms with Crippen molar-refractivity contribution in [3.05, 3.63) is 71.8 Å². The Balaban J connectivity index is 1.83. The number of rotatable bonds is 7. The fourth-order valence-electron chi connectivity index (χ4n) is 2.50. The van der Waals surface area contributed by atoms with Gasteiger partial charge in [0.05, 0.1) is 12.7 Å². The van der Waals surface area contributed by atoms with Gasteiger partial charge in [0.15, 0.2) is 0 Å². The Kier molecular flexibility index (Phi) is 6.36. The molecule has 122 valence electrons. The number of nitrogens with zero attached hydrogens (tertiary/aromatic N) is 1. The van der Waals surface area contributed by atoms with Gasteiger partial charge in [-0.15, -0.1) is 0 Å². The van der Waals surface area contributed by atoms with E-state index in [2.05, 4.69) is 26.0 Å². The van der Waals surface area contributed by atoms with Gasteiger partial charge in [0.25, 0.3) is 5.91 Å². The average Bonchev–Trinajstić information content (AvgIpc) is 2.60. The normalized spacial score (nSPS) is 13.3. The lowest BCUT2D eigenvalue weighted by molar-refractivity contribution is 0.0296. The van der Waals surface area contributed by atoms with Gasteiger partial charge in [-0.1, -0.05) is 48.5 Å². The molecule has 3 nitrogen and oxygen atoms in total. The molecule has 0 aliphatic heterocycles. The highest BCUT2D eigenvalue weighted by molar-refractivity contribution is 5.94. The van der Waals surface area contributed by atoms with Crippen molar-refractivity contribution in [1.82, 2.24) is 4.90 Å². The molecule has 2 aromatic carbocycles. The van der Waals surface area contributed by atoms with Gasteiger partial charge in [0.1, 0.15) is 0 Å². The zero-order chi connectivity index (χ0) is 16.7. The Labute approximate surface area is 138 Å². The molecule has 1 amide bonds. The fraction of sp³-hybridized carbons (Fsp3) is 0.350. The molecule has 0 saturated heterocycles. The molecule has 23 heavy (non-hydrogen) atoms. The molecule has 2 aromatic rings. The lowest BCUT2D eigenvalue weighted by Crippen LogP contribution is -2.37. The maximum atomic E-state index is 12.4. The van der Waals surface area contributed by atoms with Gasteiger partial charge in [-0.2, -0.15) is 0 Å². The molecule has 0 bridgehead atoms. The molecule has 0 radical (unpaired) electrons. The van der Waals surface area contributed by atoms with Crippen LogP contribution in [0.15, 0.2) is 60.7 Å². The van der Waals surface area contributed by atoms with Crippen molar-refractivity contribution in [2.75, 3.05) is 7.05 Å². The molecule has 2 atom stereocenters. The first-order valence-corrected chi connectivity index (χ1v) is 8.05. The molecule has 0 aromatic heterocycles. The van der Waals surface area contributed by atoms with E-state index < -0.39 is 0 Å². The van der Waals surface area contributed by atoms with Crippen LogP contribution < -0.4 is 0 Å². The van der Waals surface area contributed by atoms with Crippen LogP contribution >= 0.6 is 0 Å². The maximum absolute atomic E-state index is 12.4. The van der Waals surface area contributed by atoms with Gasteiger partial charge in [0.2, 0.25) is 0 Å². The molecule has 0 heterocycles. The van der Waals surface area contributed by atoms with E-state index in [1.165, 1.54) is 5.56 Å². The van der Waals surface area contributed by atoms with E-state index in [9.17, 15) is 4.79 Å². The van der Waals surface area contributed by atoms with Gasteiger partial charge in [0, 0.05) is 18.7 Å². The minimum Gasteiger partial charge on any atom is -0.374 e. The first-order chi connectivity index (χ1) is 11.1. The molecule has 0 aliphatic rings. The second-order valence-corrected chi connectivity index (χ2v) is 5.97. The van der Waals surface area contributed by atoms with Crippen LogP contribution in [-0.4, -0.2) is 30.0 Å². The van der Waals surface area contributed by atoms with E-state index in [0.717, 1.165) is 12.0 Å². The Hall–Kier alpha value is -2.13. The summed E-state index contributed by atoms with van der Waals surface area (Å²) in [5.41, 5.74) is 1.89. The van der Waals surface area contributed by atoms with Crippen LogP contribution in [0.2, 0.25) is 0 Å². The van der Waals surface area contributed by atoms with E-state index in [4.69, 9.17) is 4.74 Å². The highest BCUT2D eigenvalue weighted by Crippen LogP contribution is 2.13. The standard InChI is InChI=1S/C20H25NO2/c1-16(21(3)20(22)19-12-8-5-9-13-19)14-17(2)23-15-18-10-6-4-7-11-18/h4-13,16-17H,14-15H2,1-3H3. The number of hydrogen-bond acceptors (Lipinski definition) is 2. The zero-order valence-corrected chi connectivity index (χ0v) is 14.1. The lowest BCUT2D eigenvalue weighted by Gasteiger charge is -2.27. The smallest absolute Gasteiger partial charge is 0.253 e. The van der Waals surface area contributed by atoms with E-state index >= 15 is 0 Å². The van der Waals surface area contributed by atoms with Crippen molar-refractivity contribution >= 4 is 5.91 Å². The summed E-state index contributed by atoms with van der Waals surface area (Å²) in [6.07, 6.45) is 0.901. The molecule has 0 spiro atoms. The van der Waals surface area contributed by atoms with Crippen molar-refractivity contribution in [2.24, 2.45) is 0 Å². The van der Waals surface area contributed by atoms with Crippen molar-refractivity contribution in [1.29, 1.82) is 0 Å². The summed E-state index contributed by atoms with van der Waals surface area (Å²) >= 11 is 0. The summed E-state index contributed by atoms with van der Waals surface area (Å²) in [4.78, 5) is 14.2. The molecular weight excluding hydrogens is 286 g/mol. The van der Waals surface area contributed by atoms with Crippen LogP contribution in [0, 0.1) is 0 Å². The van der Waals surface area contributed by atoms with Gasteiger partial charge in [-0.25, -0.2) is 0 Å². The van der Waals surface area contributed by atoms with Crippen LogP contribution in [0.5, 0.6) is 0 Å². The minimum atomic E-state index is 0.0494. The van der Waals surface area contributed by atoms with Crippen LogP contribution in [0.1, 0.15) is 36.2 Å². The Morgan fingerprint density at radius 1 is 1.00 bits per heavy atom. The predicted octanol–water partition coefficient (Wildman–Crippen LogP) is 4.14. The largest absolute Gasteiger partial charge is 0.374 e. The number of carbonyl (C=O) groups is 1. The Morgan fingerprint density at radius 2 is 1.57 bits per heavy atom. The maximum Gasteiger partial charge on any atom is 0.253 e. The van der Waals surface area contributed by atoms with Gasteiger partial charge >= 0.3 is 0 Å². The molecule has 0 saturated carbocycles. The van der Waals surface area contributed by atoms with Crippen molar-refractivity contribution in [2.45, 2.75) is 39.0 Å². The number of amides is 1. The summed E-state index contributed by atoms with van der Waals surface area (Å²) < 4.78 is 5.90. The molecule has 0 N–H and O–H groups in total. The first-order valence-electron chi connectivity index (χ1n) is 8.05. The third-order valence-electron chi connectivity index (χ3n) is 4.05. The second kappa shape index (κ2) is 8.49. The first kappa shape index (κ1) is 17.2. The fourth-order valence-corrected chi connectivity index (χ4v) is 2.50. The summed E-state index contributed by atoms with van der Waals surface area (Å²) in [7, 11) is 1.85. The molecule has 2 unspecified atom stereocenters. The van der Waals surface area contributed by atoms with Crippen LogP contribution in [0.4, 0.5) is 0 Å². The summed E-state index contributed by atoms with van der Waals surface area (Å²) in [6.45, 7) is 4.72. The van der Waals surface area contributed by atoms with Crippen molar-refractivity contribution in [3.8, 4) is 0 Å². The van der Waals surface area contributed by atoms with E-state index in [0.29, 0.717) is 6.61 Å². The van der Waals surface area contributed by atoms with E-state index in [1.54, 1.807) is 4.90 Å². The van der Waals surface area contributed by atoms with E-state index in [1.807, 2.05) is 55.6 Å².